The minimum atomic E-state index is -0.676. The van der Waals surface area contributed by atoms with Crippen LogP contribution in [-0.4, -0.2) is 11.9 Å². The van der Waals surface area contributed by atoms with Gasteiger partial charge in [-0.3, -0.25) is 14.8 Å². The van der Waals surface area contributed by atoms with Crippen LogP contribution in [0.2, 0.25) is 0 Å². The molecule has 0 spiro atoms. The predicted molar refractivity (Wildman–Crippen MR) is 82.4 cm³/mol. The van der Waals surface area contributed by atoms with E-state index in [1.807, 2.05) is 0 Å². The van der Waals surface area contributed by atoms with Crippen molar-refractivity contribution < 1.29 is 14.0 Å². The summed E-state index contributed by atoms with van der Waals surface area (Å²) in [4.78, 5) is 23.9. The molecule has 2 aromatic rings. The first-order valence-electron chi connectivity index (χ1n) is 5.84. The minimum Gasteiger partial charge on any atom is -0.277 e. The normalized spacial score (nSPS) is 10.0. The highest BCUT2D eigenvalue weighted by atomic mass is 79.9. The molecule has 2 N–H and O–H groups in total. The predicted octanol–water partition coefficient (Wildman–Crippen LogP) is 3.73. The highest BCUT2D eigenvalue weighted by molar-refractivity contribution is 9.10. The van der Waals surface area contributed by atoms with E-state index in [9.17, 15) is 14.0 Å². The number of hydrogen-bond acceptors (Lipinski definition) is 3. The van der Waals surface area contributed by atoms with E-state index < -0.39 is 17.8 Å². The smallest absolute Gasteiger partial charge is 0.277 e. The van der Waals surface area contributed by atoms with Crippen LogP contribution < -0.4 is 10.0 Å². The van der Waals surface area contributed by atoms with Crippen LogP contribution in [0, 0.1) is 5.82 Å². The van der Waals surface area contributed by atoms with E-state index >= 15 is 0 Å². The van der Waals surface area contributed by atoms with Crippen molar-refractivity contribution in [3.63, 3.8) is 0 Å². The summed E-state index contributed by atoms with van der Waals surface area (Å²) >= 11 is 4.15. The molecular weight excluding hydrogens is 359 g/mol. The van der Waals surface area contributed by atoms with E-state index in [0.29, 0.717) is 14.9 Å². The Morgan fingerprint density at radius 1 is 1.10 bits per heavy atom. The van der Waals surface area contributed by atoms with Crippen molar-refractivity contribution in [2.75, 3.05) is 0 Å². The molecule has 2 rings (SSSR count). The molecule has 0 radical (unpaired) electrons. The number of benzene rings is 2. The van der Waals surface area contributed by atoms with Crippen molar-refractivity contribution >= 4 is 39.8 Å². The number of amides is 3. The average molecular weight is 369 g/mol. The Labute approximate surface area is 133 Å². The van der Waals surface area contributed by atoms with Crippen molar-refractivity contribution in [2.24, 2.45) is 0 Å². The average Bonchev–Trinajstić information content (AvgIpc) is 2.49. The monoisotopic (exact) mass is 368 g/mol. The minimum absolute atomic E-state index is 0.379. The molecular formula is C14H10BrFN2O2S. The SMILES string of the molecule is O=C(NSc1cc(F)ccc1Br)NC(=O)c1ccccc1. The van der Waals surface area contributed by atoms with E-state index in [0.717, 1.165) is 11.9 Å². The molecule has 0 fully saturated rings. The van der Waals surface area contributed by atoms with Gasteiger partial charge in [0.15, 0.2) is 0 Å². The lowest BCUT2D eigenvalue weighted by Crippen LogP contribution is -2.36. The van der Waals surface area contributed by atoms with Crippen molar-refractivity contribution in [1.29, 1.82) is 0 Å². The number of halogens is 2. The van der Waals surface area contributed by atoms with E-state index in [2.05, 4.69) is 26.0 Å². The zero-order valence-electron chi connectivity index (χ0n) is 10.6. The second-order valence-electron chi connectivity index (χ2n) is 3.93. The number of imide groups is 1. The first kappa shape index (κ1) is 15.5. The molecule has 0 saturated heterocycles. The highest BCUT2D eigenvalue weighted by Gasteiger charge is 2.10. The zero-order chi connectivity index (χ0) is 15.2. The van der Waals surface area contributed by atoms with E-state index in [-0.39, 0.29) is 0 Å². The first-order valence-corrected chi connectivity index (χ1v) is 7.45. The Morgan fingerprint density at radius 3 is 2.52 bits per heavy atom. The molecule has 4 nitrogen and oxygen atoms in total. The molecule has 0 heterocycles. The van der Waals surface area contributed by atoms with Crippen LogP contribution in [0.25, 0.3) is 0 Å². The third-order valence-corrected chi connectivity index (χ3v) is 4.21. The Hall–Kier alpha value is -1.86. The molecule has 0 bridgehead atoms. The lowest BCUT2D eigenvalue weighted by Gasteiger charge is -2.07. The molecule has 0 aliphatic heterocycles. The second-order valence-corrected chi connectivity index (χ2v) is 5.63. The van der Waals surface area contributed by atoms with E-state index in [1.54, 1.807) is 30.3 Å². The molecule has 108 valence electrons. The van der Waals surface area contributed by atoms with Gasteiger partial charge in [0.1, 0.15) is 5.82 Å². The van der Waals surface area contributed by atoms with Gasteiger partial charge in [0.2, 0.25) is 0 Å². The van der Waals surface area contributed by atoms with Gasteiger partial charge in [-0.15, -0.1) is 0 Å². The summed E-state index contributed by atoms with van der Waals surface area (Å²) in [5, 5.41) is 2.18. The van der Waals surface area contributed by atoms with Gasteiger partial charge >= 0.3 is 6.03 Å². The van der Waals surface area contributed by atoms with Crippen LogP contribution in [0.4, 0.5) is 9.18 Å². The Balaban J connectivity index is 1.91. The zero-order valence-corrected chi connectivity index (χ0v) is 13.0. The van der Waals surface area contributed by atoms with Gasteiger partial charge in [0, 0.05) is 14.9 Å². The molecule has 3 amide bonds. The summed E-state index contributed by atoms with van der Waals surface area (Å²) in [5.74, 6) is -0.921. The topological polar surface area (TPSA) is 58.2 Å². The van der Waals surface area contributed by atoms with Crippen molar-refractivity contribution in [2.45, 2.75) is 4.90 Å². The molecule has 21 heavy (non-hydrogen) atoms. The molecule has 0 saturated carbocycles. The van der Waals surface area contributed by atoms with Crippen LogP contribution in [0.3, 0.4) is 0 Å². The summed E-state index contributed by atoms with van der Waals surface area (Å²) in [6, 6.07) is 11.8. The first-order chi connectivity index (χ1) is 10.1. The standard InChI is InChI=1S/C14H10BrFN2O2S/c15-11-7-6-10(16)8-12(11)21-18-14(20)17-13(19)9-4-2-1-3-5-9/h1-8H,(H2,17,18,19,20). The van der Waals surface area contributed by atoms with Crippen molar-refractivity contribution in [1.82, 2.24) is 10.0 Å². The van der Waals surface area contributed by atoms with Gasteiger partial charge < -0.3 is 0 Å². The van der Waals surface area contributed by atoms with E-state index in [1.165, 1.54) is 18.2 Å². The fraction of sp³-hybridized carbons (Fsp3) is 0. The quantitative estimate of drug-likeness (QED) is 0.811. The number of carbonyl (C=O) groups is 2. The van der Waals surface area contributed by atoms with Gasteiger partial charge in [0.25, 0.3) is 5.91 Å². The fourth-order valence-corrected chi connectivity index (χ4v) is 2.53. The summed E-state index contributed by atoms with van der Waals surface area (Å²) in [5.41, 5.74) is 0.379. The van der Waals surface area contributed by atoms with Crippen LogP contribution in [0.5, 0.6) is 0 Å². The molecule has 2 aromatic carbocycles. The summed E-state index contributed by atoms with van der Waals surface area (Å²) in [6.07, 6.45) is 0. The van der Waals surface area contributed by atoms with Gasteiger partial charge in [-0.25, -0.2) is 9.18 Å². The maximum absolute atomic E-state index is 13.1. The fourth-order valence-electron chi connectivity index (χ4n) is 1.45. The summed E-state index contributed by atoms with van der Waals surface area (Å²) in [6.45, 7) is 0. The molecule has 0 aliphatic rings. The largest absolute Gasteiger partial charge is 0.331 e. The van der Waals surface area contributed by atoms with Crippen molar-refractivity contribution in [3.05, 3.63) is 64.4 Å². The van der Waals surface area contributed by atoms with Gasteiger partial charge in [-0.05, 0) is 58.2 Å². The Kier molecular flexibility index (Phi) is 5.35. The lowest BCUT2D eigenvalue weighted by molar-refractivity contribution is 0.0965. The molecule has 7 heteroatoms. The van der Waals surface area contributed by atoms with Crippen molar-refractivity contribution in [3.8, 4) is 0 Å². The van der Waals surface area contributed by atoms with Gasteiger partial charge in [-0.2, -0.15) is 0 Å². The second kappa shape index (κ2) is 7.24. The summed E-state index contributed by atoms with van der Waals surface area (Å²) in [7, 11) is 0. The number of nitrogens with one attached hydrogen (secondary N) is 2. The number of rotatable bonds is 3. The molecule has 0 aromatic heterocycles. The van der Waals surface area contributed by atoms with Crippen LogP contribution in [0.15, 0.2) is 57.9 Å². The van der Waals surface area contributed by atoms with Crippen LogP contribution in [-0.2, 0) is 0 Å². The van der Waals surface area contributed by atoms with E-state index in [4.69, 9.17) is 0 Å². The molecule has 0 atom stereocenters. The number of urea groups is 1. The third-order valence-electron chi connectivity index (χ3n) is 2.41. The molecule has 0 aliphatic carbocycles. The Morgan fingerprint density at radius 2 is 1.81 bits per heavy atom. The lowest BCUT2D eigenvalue weighted by atomic mass is 10.2. The highest BCUT2D eigenvalue weighted by Crippen LogP contribution is 2.26. The van der Waals surface area contributed by atoms with Gasteiger partial charge in [-0.1, -0.05) is 18.2 Å². The van der Waals surface area contributed by atoms with Crippen LogP contribution >= 0.6 is 27.9 Å². The maximum atomic E-state index is 13.1. The van der Waals surface area contributed by atoms with Gasteiger partial charge in [0.05, 0.1) is 0 Å². The number of hydrogen-bond donors (Lipinski definition) is 2. The maximum Gasteiger partial charge on any atom is 0.331 e. The number of carbonyl (C=O) groups excluding carboxylic acids is 2. The molecule has 0 unspecified atom stereocenters. The third kappa shape index (κ3) is 4.57. The summed E-state index contributed by atoms with van der Waals surface area (Å²) < 4.78 is 16.1. The van der Waals surface area contributed by atoms with Crippen LogP contribution in [0.1, 0.15) is 10.4 Å². The Bertz CT molecular complexity index is 667.